The van der Waals surface area contributed by atoms with Crippen LogP contribution in [0.2, 0.25) is 0 Å². The average Bonchev–Trinajstić information content (AvgIpc) is 3.05. The van der Waals surface area contributed by atoms with Gasteiger partial charge in [-0.2, -0.15) is 0 Å². The van der Waals surface area contributed by atoms with Crippen molar-refractivity contribution in [3.8, 4) is 11.3 Å². The van der Waals surface area contributed by atoms with Crippen LogP contribution in [0.3, 0.4) is 0 Å². The maximum atomic E-state index is 14.8. The predicted octanol–water partition coefficient (Wildman–Crippen LogP) is 5.69. The summed E-state index contributed by atoms with van der Waals surface area (Å²) in [6.45, 7) is 4.02. The summed E-state index contributed by atoms with van der Waals surface area (Å²) in [6, 6.07) is 7.47. The van der Waals surface area contributed by atoms with Crippen molar-refractivity contribution in [2.45, 2.75) is 20.6 Å². The van der Waals surface area contributed by atoms with Gasteiger partial charge in [-0.3, -0.25) is 0 Å². The van der Waals surface area contributed by atoms with Crippen LogP contribution in [0, 0.1) is 33.0 Å². The fourth-order valence-electron chi connectivity index (χ4n) is 3.31. The zero-order valence-electron chi connectivity index (χ0n) is 20.1. The summed E-state index contributed by atoms with van der Waals surface area (Å²) in [5.74, 6) is -0.871. The molecule has 0 atom stereocenters. The van der Waals surface area contributed by atoms with E-state index in [1.165, 1.54) is 22.9 Å². The summed E-state index contributed by atoms with van der Waals surface area (Å²) >= 11 is 0. The molecule has 2 aromatic carbocycles. The Kier molecular flexibility index (Phi) is 2.34. The lowest BCUT2D eigenvalue weighted by Crippen LogP contribution is -2.31. The quantitative estimate of drug-likeness (QED) is 0.319. The number of fused-ring (bicyclic) bond motifs is 3. The lowest BCUT2D eigenvalue weighted by atomic mass is 9.99. The van der Waals surface area contributed by atoms with Gasteiger partial charge in [0.2, 0.25) is 5.69 Å². The fourth-order valence-corrected chi connectivity index (χ4v) is 3.31. The third-order valence-corrected chi connectivity index (χ3v) is 4.54. The third-order valence-electron chi connectivity index (χ3n) is 4.54. The van der Waals surface area contributed by atoms with Crippen molar-refractivity contribution in [1.82, 2.24) is 0 Å². The summed E-state index contributed by atoms with van der Waals surface area (Å²) < 4.78 is 68.7. The Balaban J connectivity index is 2.12. The number of furan rings is 1. The third kappa shape index (κ3) is 2.28. The van der Waals surface area contributed by atoms with Gasteiger partial charge in [0.15, 0.2) is 11.9 Å². The molecule has 0 fully saturated rings. The largest absolute Gasteiger partial charge is 0.456 e. The monoisotopic (exact) mass is 351 g/mol. The maximum absolute atomic E-state index is 14.8. The summed E-state index contributed by atoms with van der Waals surface area (Å²) in [4.78, 5) is 3.35. The van der Waals surface area contributed by atoms with Crippen molar-refractivity contribution in [2.75, 3.05) is 0 Å². The molecule has 0 bridgehead atoms. The molecule has 2 aromatic heterocycles. The van der Waals surface area contributed by atoms with E-state index in [0.717, 1.165) is 11.6 Å². The normalized spacial score (nSPS) is 15.6. The van der Waals surface area contributed by atoms with Gasteiger partial charge in [-0.25, -0.2) is 13.8 Å². The molecule has 0 aliphatic carbocycles. The van der Waals surface area contributed by atoms with E-state index >= 15 is 0 Å². The standard InChI is InChI=1S/C22H18FN2O/c1-12-6-7-16-20-13(2)8-15(24-4)9-19(20)26-22(16)21(12)18-10-17(23)14(3)11-25(18)5/h6-11H,1-3,5H3/q+1/i2D3,3D3. The van der Waals surface area contributed by atoms with Crippen LogP contribution in [-0.4, -0.2) is 0 Å². The minimum Gasteiger partial charge on any atom is -0.456 e. The number of pyridine rings is 1. The minimum atomic E-state index is -2.61. The Hall–Kier alpha value is -3.19. The van der Waals surface area contributed by atoms with Crippen LogP contribution in [0.15, 0.2) is 40.9 Å². The lowest BCUT2D eigenvalue weighted by molar-refractivity contribution is -0.661. The molecular weight excluding hydrogens is 327 g/mol. The number of aromatic nitrogens is 1. The van der Waals surface area contributed by atoms with Crippen LogP contribution in [0.5, 0.6) is 0 Å². The van der Waals surface area contributed by atoms with Crippen LogP contribution >= 0.6 is 0 Å². The van der Waals surface area contributed by atoms with Crippen LogP contribution in [0.4, 0.5) is 10.1 Å². The Morgan fingerprint density at radius 1 is 1.15 bits per heavy atom. The number of benzene rings is 2. The fraction of sp³-hybridized carbons (Fsp3) is 0.182. The molecule has 4 aromatic rings. The first-order valence-electron chi connectivity index (χ1n) is 10.9. The van der Waals surface area contributed by atoms with Crippen molar-refractivity contribution in [1.29, 1.82) is 0 Å². The van der Waals surface area contributed by atoms with Crippen LogP contribution in [0.25, 0.3) is 38.0 Å². The zero-order chi connectivity index (χ0) is 23.6. The molecule has 0 spiro atoms. The highest BCUT2D eigenvalue weighted by atomic mass is 19.1. The molecular formula is C22H18FN2O+. The second-order valence-corrected chi connectivity index (χ2v) is 6.25. The first-order valence-corrected chi connectivity index (χ1v) is 7.90. The van der Waals surface area contributed by atoms with Crippen molar-refractivity contribution in [2.24, 2.45) is 7.05 Å². The Morgan fingerprint density at radius 3 is 2.69 bits per heavy atom. The van der Waals surface area contributed by atoms with Gasteiger partial charge in [0.1, 0.15) is 24.0 Å². The highest BCUT2D eigenvalue weighted by Gasteiger charge is 2.22. The number of hydrogen-bond donors (Lipinski definition) is 0. The topological polar surface area (TPSA) is 21.4 Å². The van der Waals surface area contributed by atoms with E-state index in [-0.39, 0.29) is 16.8 Å². The summed E-state index contributed by atoms with van der Waals surface area (Å²) in [5.41, 5.74) is 1.94. The maximum Gasteiger partial charge on any atom is 0.219 e. The number of nitrogens with zero attached hydrogens (tertiary/aromatic N) is 2. The van der Waals surface area contributed by atoms with Crippen molar-refractivity contribution < 1.29 is 21.6 Å². The molecule has 3 nitrogen and oxygen atoms in total. The Bertz CT molecular complexity index is 1440. The molecule has 0 radical (unpaired) electrons. The van der Waals surface area contributed by atoms with Gasteiger partial charge in [-0.1, -0.05) is 18.2 Å². The van der Waals surface area contributed by atoms with Gasteiger partial charge < -0.3 is 4.42 Å². The minimum absolute atomic E-state index is 0.00265. The van der Waals surface area contributed by atoms with Gasteiger partial charge in [0.05, 0.1) is 12.1 Å². The number of hydrogen-bond acceptors (Lipinski definition) is 1. The molecule has 0 saturated carbocycles. The van der Waals surface area contributed by atoms with Crippen LogP contribution in [0.1, 0.15) is 24.9 Å². The zero-order valence-corrected chi connectivity index (χ0v) is 14.1. The number of rotatable bonds is 1. The highest BCUT2D eigenvalue weighted by molar-refractivity contribution is 6.11. The number of halogens is 1. The first-order chi connectivity index (χ1) is 14.8. The van der Waals surface area contributed by atoms with E-state index in [2.05, 4.69) is 4.85 Å². The second kappa shape index (κ2) is 5.67. The van der Waals surface area contributed by atoms with Crippen molar-refractivity contribution in [3.05, 3.63) is 70.5 Å². The SMILES string of the molecule is [2H]C([2H])([2H])c1c[n+](C)c(-c2c(C)ccc3c2oc2cc([N+]#[C-])cc(C([2H])([2H])[2H])c23)cc1F. The van der Waals surface area contributed by atoms with Gasteiger partial charge in [0, 0.05) is 30.6 Å². The van der Waals surface area contributed by atoms with E-state index < -0.39 is 25.1 Å². The van der Waals surface area contributed by atoms with Gasteiger partial charge in [-0.05, 0) is 37.8 Å². The molecule has 2 heterocycles. The molecule has 4 heteroatoms. The van der Waals surface area contributed by atoms with E-state index in [1.807, 2.05) is 0 Å². The van der Waals surface area contributed by atoms with Crippen LogP contribution in [-0.2, 0) is 7.05 Å². The molecule has 4 rings (SSSR count). The molecule has 0 amide bonds. The second-order valence-electron chi connectivity index (χ2n) is 6.25. The molecule has 0 aliphatic rings. The molecule has 26 heavy (non-hydrogen) atoms. The average molecular weight is 351 g/mol. The van der Waals surface area contributed by atoms with Crippen molar-refractivity contribution >= 4 is 27.6 Å². The lowest BCUT2D eigenvalue weighted by Gasteiger charge is -2.06. The highest BCUT2D eigenvalue weighted by Crippen LogP contribution is 2.39. The molecule has 0 aliphatic heterocycles. The summed E-state index contributed by atoms with van der Waals surface area (Å²) in [7, 11) is 1.61. The first kappa shape index (κ1) is 10.7. The molecule has 0 saturated heterocycles. The Morgan fingerprint density at radius 2 is 1.96 bits per heavy atom. The van der Waals surface area contributed by atoms with Crippen molar-refractivity contribution in [3.63, 3.8) is 0 Å². The van der Waals surface area contributed by atoms with Gasteiger partial charge in [0.25, 0.3) is 0 Å². The smallest absolute Gasteiger partial charge is 0.219 e. The predicted molar refractivity (Wildman–Crippen MR) is 101 cm³/mol. The number of aryl methyl sites for hydroxylation is 4. The van der Waals surface area contributed by atoms with Gasteiger partial charge in [-0.15, -0.1) is 0 Å². The van der Waals surface area contributed by atoms with E-state index in [0.29, 0.717) is 27.6 Å². The molecule has 128 valence electrons. The Labute approximate surface area is 159 Å². The van der Waals surface area contributed by atoms with Gasteiger partial charge >= 0.3 is 0 Å². The summed E-state index contributed by atoms with van der Waals surface area (Å²) in [5, 5.41) is 0.888. The summed E-state index contributed by atoms with van der Waals surface area (Å²) in [6.07, 6.45) is 1.23. The van der Waals surface area contributed by atoms with Crippen LogP contribution < -0.4 is 4.57 Å². The molecule has 0 N–H and O–H groups in total. The molecule has 0 unspecified atom stereocenters. The van der Waals surface area contributed by atoms with E-state index in [9.17, 15) is 4.39 Å². The van der Waals surface area contributed by atoms with E-state index in [4.69, 9.17) is 19.2 Å². The van der Waals surface area contributed by atoms with E-state index in [1.54, 1.807) is 26.1 Å².